The number of alkyl halides is 3. The van der Waals surface area contributed by atoms with Crippen molar-refractivity contribution in [2.45, 2.75) is 20.0 Å². The Morgan fingerprint density at radius 3 is 1.88 bits per heavy atom. The molecule has 0 unspecified atom stereocenters. The third-order valence-corrected chi connectivity index (χ3v) is 2.25. The number of carbonyl (C=O) groups is 1. The van der Waals surface area contributed by atoms with Crippen molar-refractivity contribution in [1.82, 2.24) is 0 Å². The van der Waals surface area contributed by atoms with E-state index >= 15 is 0 Å². The summed E-state index contributed by atoms with van der Waals surface area (Å²) in [6.45, 7) is 3.36. The Hall–Kier alpha value is -1.78. The van der Waals surface area contributed by atoms with Crippen molar-refractivity contribution in [3.63, 3.8) is 0 Å². The zero-order valence-electron chi connectivity index (χ0n) is 9.43. The fraction of sp³-hybridized carbons (Fsp3) is 0.250. The number of primary amides is 1. The number of hydrogen-bond donors (Lipinski definition) is 1. The van der Waals surface area contributed by atoms with E-state index in [4.69, 9.17) is 5.73 Å². The zero-order valence-corrected chi connectivity index (χ0v) is 9.43. The van der Waals surface area contributed by atoms with Gasteiger partial charge in [0.15, 0.2) is 0 Å². The van der Waals surface area contributed by atoms with Gasteiger partial charge in [0, 0.05) is 5.57 Å². The van der Waals surface area contributed by atoms with Crippen LogP contribution in [-0.2, 0) is 11.0 Å². The maximum atomic E-state index is 12.3. The van der Waals surface area contributed by atoms with Crippen LogP contribution in [0.15, 0.2) is 29.8 Å². The predicted octanol–water partition coefficient (Wildman–Crippen LogP) is 2.98. The van der Waals surface area contributed by atoms with Gasteiger partial charge in [-0.05, 0) is 31.5 Å². The summed E-state index contributed by atoms with van der Waals surface area (Å²) < 4.78 is 37.0. The van der Waals surface area contributed by atoms with Crippen molar-refractivity contribution >= 4 is 11.5 Å². The van der Waals surface area contributed by atoms with E-state index in [1.807, 2.05) is 0 Å². The molecule has 0 bridgehead atoms. The molecule has 1 aromatic carbocycles. The first-order valence-corrected chi connectivity index (χ1v) is 4.88. The van der Waals surface area contributed by atoms with E-state index in [-0.39, 0.29) is 5.57 Å². The molecule has 1 rings (SSSR count). The lowest BCUT2D eigenvalue weighted by molar-refractivity contribution is -0.137. The van der Waals surface area contributed by atoms with E-state index in [0.717, 1.165) is 12.1 Å². The van der Waals surface area contributed by atoms with Gasteiger partial charge >= 0.3 is 6.18 Å². The molecule has 0 radical (unpaired) electrons. The van der Waals surface area contributed by atoms with E-state index in [1.165, 1.54) is 12.1 Å². The Bertz CT molecular complexity index is 454. The van der Waals surface area contributed by atoms with Crippen LogP contribution in [0.2, 0.25) is 0 Å². The summed E-state index contributed by atoms with van der Waals surface area (Å²) in [6.07, 6.45) is -4.38. The fourth-order valence-corrected chi connectivity index (χ4v) is 1.50. The first-order valence-electron chi connectivity index (χ1n) is 4.88. The van der Waals surface area contributed by atoms with E-state index in [2.05, 4.69) is 0 Å². The molecule has 0 saturated heterocycles. The number of nitrogens with two attached hydrogens (primary N) is 1. The molecule has 0 heterocycles. The molecule has 0 aliphatic heterocycles. The smallest absolute Gasteiger partial charge is 0.366 e. The Balaban J connectivity index is 3.19. The summed E-state index contributed by atoms with van der Waals surface area (Å²) in [6, 6.07) is 4.36. The van der Waals surface area contributed by atoms with Crippen LogP contribution in [0, 0.1) is 0 Å². The molecular weight excluding hydrogens is 231 g/mol. The van der Waals surface area contributed by atoms with Gasteiger partial charge in [-0.25, -0.2) is 0 Å². The van der Waals surface area contributed by atoms with Gasteiger partial charge < -0.3 is 5.73 Å². The molecule has 0 spiro atoms. The van der Waals surface area contributed by atoms with Crippen LogP contribution >= 0.6 is 0 Å². The van der Waals surface area contributed by atoms with Crippen LogP contribution in [0.25, 0.3) is 5.57 Å². The number of allylic oxidation sites excluding steroid dienone is 1. The molecule has 2 nitrogen and oxygen atoms in total. The van der Waals surface area contributed by atoms with Gasteiger partial charge in [-0.15, -0.1) is 0 Å². The van der Waals surface area contributed by atoms with Crippen molar-refractivity contribution in [2.75, 3.05) is 0 Å². The van der Waals surface area contributed by atoms with Gasteiger partial charge in [0.05, 0.1) is 5.56 Å². The topological polar surface area (TPSA) is 43.1 Å². The van der Waals surface area contributed by atoms with E-state index in [1.54, 1.807) is 13.8 Å². The monoisotopic (exact) mass is 243 g/mol. The average molecular weight is 243 g/mol. The SMILES string of the molecule is CC(C)=C(C(N)=O)c1ccc(C(F)(F)F)cc1. The van der Waals surface area contributed by atoms with Gasteiger partial charge in [-0.1, -0.05) is 17.7 Å². The normalized spacial score (nSPS) is 11.1. The molecule has 0 fully saturated rings. The lowest BCUT2D eigenvalue weighted by Gasteiger charge is -2.09. The minimum absolute atomic E-state index is 0.249. The standard InChI is InChI=1S/C12H12F3NO/c1-7(2)10(11(16)17)8-3-5-9(6-4-8)12(13,14)15/h3-6H,1-2H3,(H2,16,17). The minimum atomic E-state index is -4.38. The number of halogens is 3. The summed E-state index contributed by atoms with van der Waals surface area (Å²) in [7, 11) is 0. The summed E-state index contributed by atoms with van der Waals surface area (Å²) in [5, 5.41) is 0. The molecular formula is C12H12F3NO. The number of hydrogen-bond acceptors (Lipinski definition) is 1. The van der Waals surface area contributed by atoms with E-state index in [0.29, 0.717) is 11.1 Å². The van der Waals surface area contributed by atoms with Crippen molar-refractivity contribution in [3.8, 4) is 0 Å². The molecule has 1 amide bonds. The lowest BCUT2D eigenvalue weighted by Crippen LogP contribution is -2.14. The first-order chi connectivity index (χ1) is 7.73. The van der Waals surface area contributed by atoms with Crippen LogP contribution in [-0.4, -0.2) is 5.91 Å². The third-order valence-electron chi connectivity index (χ3n) is 2.25. The quantitative estimate of drug-likeness (QED) is 0.797. The van der Waals surface area contributed by atoms with Crippen LogP contribution in [0.5, 0.6) is 0 Å². The lowest BCUT2D eigenvalue weighted by atomic mass is 9.99. The van der Waals surface area contributed by atoms with Crippen molar-refractivity contribution in [1.29, 1.82) is 0 Å². The first kappa shape index (κ1) is 13.3. The second-order valence-electron chi connectivity index (χ2n) is 3.81. The minimum Gasteiger partial charge on any atom is -0.366 e. The van der Waals surface area contributed by atoms with Crippen LogP contribution in [0.4, 0.5) is 13.2 Å². The Morgan fingerprint density at radius 1 is 1.12 bits per heavy atom. The zero-order chi connectivity index (χ0) is 13.2. The molecule has 0 aliphatic carbocycles. The number of benzene rings is 1. The largest absolute Gasteiger partial charge is 0.416 e. The molecule has 2 N–H and O–H groups in total. The van der Waals surface area contributed by atoms with Gasteiger partial charge in [-0.2, -0.15) is 13.2 Å². The second-order valence-corrected chi connectivity index (χ2v) is 3.81. The molecule has 17 heavy (non-hydrogen) atoms. The molecule has 0 saturated carbocycles. The molecule has 0 atom stereocenters. The second kappa shape index (κ2) is 4.61. The highest BCUT2D eigenvalue weighted by Gasteiger charge is 2.30. The maximum absolute atomic E-state index is 12.3. The average Bonchev–Trinajstić information content (AvgIpc) is 2.15. The molecule has 92 valence electrons. The summed E-state index contributed by atoms with van der Waals surface area (Å²) in [4.78, 5) is 11.2. The van der Waals surface area contributed by atoms with E-state index in [9.17, 15) is 18.0 Å². The third kappa shape index (κ3) is 3.09. The summed E-state index contributed by atoms with van der Waals surface area (Å²) in [5.41, 5.74) is 5.73. The van der Waals surface area contributed by atoms with Crippen molar-refractivity contribution in [3.05, 3.63) is 41.0 Å². The maximum Gasteiger partial charge on any atom is 0.416 e. The fourth-order valence-electron chi connectivity index (χ4n) is 1.50. The Kier molecular flexibility index (Phi) is 3.60. The predicted molar refractivity (Wildman–Crippen MR) is 58.9 cm³/mol. The van der Waals surface area contributed by atoms with Gasteiger partial charge in [0.1, 0.15) is 0 Å². The van der Waals surface area contributed by atoms with Crippen molar-refractivity contribution < 1.29 is 18.0 Å². The summed E-state index contributed by atoms with van der Waals surface area (Å²) in [5.74, 6) is -0.648. The summed E-state index contributed by atoms with van der Waals surface area (Å²) >= 11 is 0. The highest BCUT2D eigenvalue weighted by atomic mass is 19.4. The van der Waals surface area contributed by atoms with Gasteiger partial charge in [-0.3, -0.25) is 4.79 Å². The van der Waals surface area contributed by atoms with Gasteiger partial charge in [0.2, 0.25) is 5.91 Å². The highest BCUT2D eigenvalue weighted by molar-refractivity contribution is 6.19. The van der Waals surface area contributed by atoms with Crippen LogP contribution in [0.3, 0.4) is 0 Å². The van der Waals surface area contributed by atoms with Crippen molar-refractivity contribution in [2.24, 2.45) is 5.73 Å². The van der Waals surface area contributed by atoms with Gasteiger partial charge in [0.25, 0.3) is 0 Å². The van der Waals surface area contributed by atoms with E-state index < -0.39 is 17.6 Å². The van der Waals surface area contributed by atoms with Crippen LogP contribution in [0.1, 0.15) is 25.0 Å². The molecule has 0 aliphatic rings. The number of amides is 1. The molecule has 1 aromatic rings. The highest BCUT2D eigenvalue weighted by Crippen LogP contribution is 2.30. The molecule has 0 aromatic heterocycles. The molecule has 5 heteroatoms. The number of carbonyl (C=O) groups excluding carboxylic acids is 1. The Labute approximate surface area is 96.9 Å². The van der Waals surface area contributed by atoms with Crippen LogP contribution < -0.4 is 5.73 Å². The Morgan fingerprint density at radius 2 is 1.59 bits per heavy atom. The number of rotatable bonds is 2.